The van der Waals surface area contributed by atoms with E-state index < -0.39 is 11.6 Å². The fourth-order valence-electron chi connectivity index (χ4n) is 14.8. The standard InChI is InChI=1S/C85H104F2N2O4.2CH3.Zr/c1-50(92-74-35-29-58(86)46-64(74)66-42-56(84(21,22)48-78(3,4)5)44-72(76(66)90)88-68-31-25-52(80(9,10)11)38-60(68)61-39-53(81(12,13)14)26-32-69(61)88)37-51(2)93-75-36-30-59(87)47-65(75)67-43-57(85(23,24)49-79(6,7)8)45-73(77(67)91)89-70-33-27-54(82(15,16)17)40-62(70)63-41-55(83(18,19)20)28-34-71(63)89;;;/h25-36,38-47,50-51,90-91H,37,48-49H2,1-24H3;2*1H3;/q;2*-1;/p+2/t50-,51+;;;. The van der Waals surface area contributed by atoms with Crippen molar-refractivity contribution >= 4 is 43.6 Å². The number of phenolic OH excluding ortho intramolecular Hbond substituents is 2. The molecule has 0 bridgehead atoms. The van der Waals surface area contributed by atoms with E-state index in [0.29, 0.717) is 51.5 Å². The zero-order valence-electron chi connectivity index (χ0n) is 62.9. The van der Waals surface area contributed by atoms with Crippen LogP contribution in [0.3, 0.4) is 0 Å². The summed E-state index contributed by atoms with van der Waals surface area (Å²) in [6.45, 7) is 53.5. The van der Waals surface area contributed by atoms with Crippen molar-refractivity contribution in [2.24, 2.45) is 10.8 Å². The van der Waals surface area contributed by atoms with Crippen LogP contribution in [-0.2, 0) is 58.7 Å². The Labute approximate surface area is 594 Å². The maximum Gasteiger partial charge on any atom is 0.263 e. The zero-order chi connectivity index (χ0) is 68.4. The second-order valence-electron chi connectivity index (χ2n) is 35.1. The quantitative estimate of drug-likeness (QED) is 0.0841. The normalized spacial score (nSPS) is 13.6. The Kier molecular flexibility index (Phi) is 21.4. The SMILES string of the molecule is C[C@H](C[C@H](C)[OH+]c1ccc(F)cc1-c1cc(C(C)(C)CC(C)(C)C)cc(-n2c3ccc(C(C)(C)C)cc3c3cc(C(C)(C)C)ccc32)c1O)[OH+]c1ccc(F)cc1-c1cc(C(C)(C)CC(C)(C)C)cc(-n2c3ccc(C(C)(C)C)cc3c3cc(C(C)(C)C)ccc32)c1O.[CH3-].[CH3-].[Zr]. The summed E-state index contributed by atoms with van der Waals surface area (Å²) < 4.78 is 47.4. The molecule has 0 aliphatic carbocycles. The van der Waals surface area contributed by atoms with Crippen LogP contribution in [0.1, 0.15) is 219 Å². The van der Waals surface area contributed by atoms with Crippen LogP contribution >= 0.6 is 0 Å². The van der Waals surface area contributed by atoms with Gasteiger partial charge >= 0.3 is 0 Å². The van der Waals surface area contributed by atoms with E-state index in [0.717, 1.165) is 67.6 Å². The van der Waals surface area contributed by atoms with Gasteiger partial charge < -0.3 is 43.7 Å². The maximum atomic E-state index is 16.1. The first-order valence-electron chi connectivity index (χ1n) is 33.8. The van der Waals surface area contributed by atoms with Crippen LogP contribution < -0.4 is 0 Å². The molecule has 0 saturated heterocycles. The number of phenols is 2. The molecule has 6 nitrogen and oxygen atoms in total. The van der Waals surface area contributed by atoms with Crippen LogP contribution in [-0.4, -0.2) is 41.0 Å². The monoisotopic (exact) mass is 1380 g/mol. The summed E-state index contributed by atoms with van der Waals surface area (Å²) in [5, 5.41) is 30.7. The molecule has 10 aromatic rings. The molecule has 2 heterocycles. The van der Waals surface area contributed by atoms with Gasteiger partial charge in [-0.1, -0.05) is 177 Å². The minimum Gasteiger partial charge on any atom is -0.580 e. The molecule has 0 fully saturated rings. The first kappa shape index (κ1) is 76.7. The van der Waals surface area contributed by atoms with Gasteiger partial charge in [0, 0.05) is 84.9 Å². The number of nitrogens with zero attached hydrogens (tertiary/aromatic N) is 2. The van der Waals surface area contributed by atoms with E-state index in [1.165, 1.54) is 46.5 Å². The van der Waals surface area contributed by atoms with Gasteiger partial charge in [0.1, 0.15) is 29.6 Å². The summed E-state index contributed by atoms with van der Waals surface area (Å²) in [6, 6.07) is 44.5. The van der Waals surface area contributed by atoms with E-state index in [4.69, 9.17) is 9.47 Å². The first-order valence-corrected chi connectivity index (χ1v) is 33.8. The van der Waals surface area contributed by atoms with Crippen molar-refractivity contribution in [1.82, 2.24) is 9.13 Å². The van der Waals surface area contributed by atoms with Gasteiger partial charge in [0.25, 0.3) is 11.5 Å². The Morgan fingerprint density at radius 1 is 0.354 bits per heavy atom. The van der Waals surface area contributed by atoms with Gasteiger partial charge in [-0.05, 0) is 187 Å². The average molecular weight is 1380 g/mol. The molecule has 2 atom stereocenters. The molecule has 0 amide bonds. The zero-order valence-corrected chi connectivity index (χ0v) is 65.4. The molecule has 96 heavy (non-hydrogen) atoms. The number of hydrogen-bond acceptors (Lipinski definition) is 2. The molecule has 0 aliphatic rings. The van der Waals surface area contributed by atoms with Gasteiger partial charge in [-0.2, -0.15) is 0 Å². The van der Waals surface area contributed by atoms with Crippen molar-refractivity contribution < 1.29 is 54.7 Å². The number of aliphatic hydroxyl groups is 2. The minimum atomic E-state index is -0.440. The minimum absolute atomic E-state index is 0. The Bertz CT molecular complexity index is 4090. The molecule has 0 aliphatic heterocycles. The van der Waals surface area contributed by atoms with E-state index in [1.54, 1.807) is 12.1 Å². The van der Waals surface area contributed by atoms with Gasteiger partial charge in [-0.15, -0.1) is 0 Å². The topological polar surface area (TPSA) is 75.9 Å². The van der Waals surface area contributed by atoms with Gasteiger partial charge in [-0.3, -0.25) is 0 Å². The van der Waals surface area contributed by atoms with E-state index >= 15 is 8.78 Å². The van der Waals surface area contributed by atoms with E-state index in [2.05, 4.69) is 246 Å². The number of fused-ring (bicyclic) bond motifs is 6. The molecule has 10 rings (SSSR count). The number of benzene rings is 8. The molecule has 0 unspecified atom stereocenters. The van der Waals surface area contributed by atoms with Crippen LogP contribution in [0, 0.1) is 37.3 Å². The van der Waals surface area contributed by atoms with Gasteiger partial charge in [-0.25, -0.2) is 8.78 Å². The van der Waals surface area contributed by atoms with Crippen molar-refractivity contribution in [3.05, 3.63) is 193 Å². The number of rotatable bonds is 14. The molecule has 0 saturated carbocycles. The number of hydrogen-bond donors (Lipinski definition) is 2. The maximum absolute atomic E-state index is 16.1. The molecule has 8 aromatic carbocycles. The summed E-state index contributed by atoms with van der Waals surface area (Å²) in [5.41, 5.74) is 12.7. The average Bonchev–Trinajstić information content (AvgIpc) is 1.54. The molecule has 0 spiro atoms. The van der Waals surface area contributed by atoms with E-state index in [1.807, 2.05) is 26.0 Å². The van der Waals surface area contributed by atoms with Crippen molar-refractivity contribution in [2.45, 2.75) is 230 Å². The number of ether oxygens (including phenoxy) is 2. The largest absolute Gasteiger partial charge is 0.580 e. The molecule has 2 aromatic heterocycles. The van der Waals surface area contributed by atoms with E-state index in [-0.39, 0.29) is 108 Å². The van der Waals surface area contributed by atoms with Gasteiger partial charge in [0.15, 0.2) is 12.2 Å². The van der Waals surface area contributed by atoms with Crippen molar-refractivity contribution in [3.63, 3.8) is 0 Å². The molecule has 512 valence electrons. The molecular formula is C87H112F2N2O4Zr. The van der Waals surface area contributed by atoms with Crippen molar-refractivity contribution in [3.8, 4) is 56.6 Å². The molecular weight excluding hydrogens is 1270 g/mol. The fraction of sp³-hybridized carbons (Fsp3) is 0.425. The summed E-state index contributed by atoms with van der Waals surface area (Å²) in [5.74, 6) is 0.268. The summed E-state index contributed by atoms with van der Waals surface area (Å²) in [7, 11) is 0. The van der Waals surface area contributed by atoms with Gasteiger partial charge in [0.05, 0.1) is 44.6 Å². The van der Waals surface area contributed by atoms with Gasteiger partial charge in [0.2, 0.25) is 0 Å². The molecule has 0 radical (unpaired) electrons. The van der Waals surface area contributed by atoms with Crippen molar-refractivity contribution in [2.75, 3.05) is 0 Å². The predicted molar refractivity (Wildman–Crippen MR) is 404 cm³/mol. The number of aromatic hydroxyl groups is 4. The van der Waals surface area contributed by atoms with E-state index in [9.17, 15) is 10.2 Å². The third kappa shape index (κ3) is 15.7. The second kappa shape index (κ2) is 26.9. The van der Waals surface area contributed by atoms with Crippen LogP contribution in [0.5, 0.6) is 23.0 Å². The fourth-order valence-corrected chi connectivity index (χ4v) is 14.8. The van der Waals surface area contributed by atoms with Crippen LogP contribution in [0.25, 0.3) is 77.2 Å². The Morgan fingerprint density at radius 2 is 0.625 bits per heavy atom. The third-order valence-corrected chi connectivity index (χ3v) is 19.1. The third-order valence-electron chi connectivity index (χ3n) is 19.1. The first-order chi connectivity index (χ1) is 42.8. The second-order valence-corrected chi connectivity index (χ2v) is 35.1. The molecule has 9 heteroatoms. The smallest absolute Gasteiger partial charge is 0.263 e. The Balaban J connectivity index is 0.00000433. The summed E-state index contributed by atoms with van der Waals surface area (Å²) in [6.07, 6.45) is 1.46. The predicted octanol–water partition coefficient (Wildman–Crippen LogP) is 24.8. The number of halogens is 2. The van der Waals surface area contributed by atoms with Crippen LogP contribution in [0.2, 0.25) is 0 Å². The Hall–Kier alpha value is -6.70. The molecule has 4 N–H and O–H groups in total. The summed E-state index contributed by atoms with van der Waals surface area (Å²) >= 11 is 0. The van der Waals surface area contributed by atoms with Crippen molar-refractivity contribution in [1.29, 1.82) is 0 Å². The summed E-state index contributed by atoms with van der Waals surface area (Å²) in [4.78, 5) is 0. The Morgan fingerprint density at radius 3 is 0.875 bits per heavy atom. The number of aromatic nitrogens is 2. The van der Waals surface area contributed by atoms with Crippen LogP contribution in [0.15, 0.2) is 133 Å². The van der Waals surface area contributed by atoms with Crippen LogP contribution in [0.4, 0.5) is 8.78 Å².